The first-order valence-electron chi connectivity index (χ1n) is 10.2. The van der Waals surface area contributed by atoms with Crippen molar-refractivity contribution in [2.75, 3.05) is 48.8 Å². The van der Waals surface area contributed by atoms with E-state index in [9.17, 15) is 9.18 Å². The molecular formula is C22H24FN5O2S2. The highest BCUT2D eigenvalue weighted by molar-refractivity contribution is 8.01. The van der Waals surface area contributed by atoms with E-state index in [1.807, 2.05) is 12.1 Å². The number of carbonyl (C=O) groups excluding carboxylic acids is 1. The van der Waals surface area contributed by atoms with Gasteiger partial charge in [-0.3, -0.25) is 4.79 Å². The Morgan fingerprint density at radius 2 is 1.75 bits per heavy atom. The number of benzene rings is 2. The topological polar surface area (TPSA) is 70.6 Å². The average molecular weight is 474 g/mol. The minimum absolute atomic E-state index is 0.0934. The minimum Gasteiger partial charge on any atom is -0.497 e. The molecule has 10 heteroatoms. The van der Waals surface area contributed by atoms with Crippen LogP contribution in [0.2, 0.25) is 0 Å². The van der Waals surface area contributed by atoms with Gasteiger partial charge >= 0.3 is 0 Å². The lowest BCUT2D eigenvalue weighted by Crippen LogP contribution is -2.46. The highest BCUT2D eigenvalue weighted by Crippen LogP contribution is 2.29. The zero-order chi connectivity index (χ0) is 22.3. The lowest BCUT2D eigenvalue weighted by molar-refractivity contribution is -0.118. The molecule has 0 bridgehead atoms. The first-order chi connectivity index (χ1) is 15.6. The van der Waals surface area contributed by atoms with E-state index in [-0.39, 0.29) is 17.5 Å². The summed E-state index contributed by atoms with van der Waals surface area (Å²) in [6.45, 7) is 3.91. The molecule has 0 aliphatic carbocycles. The highest BCUT2D eigenvalue weighted by Gasteiger charge is 2.21. The van der Waals surface area contributed by atoms with Gasteiger partial charge in [0.2, 0.25) is 11.0 Å². The largest absolute Gasteiger partial charge is 0.497 e. The second kappa shape index (κ2) is 10.6. The predicted molar refractivity (Wildman–Crippen MR) is 126 cm³/mol. The lowest BCUT2D eigenvalue weighted by atomic mass is 10.2. The molecule has 32 heavy (non-hydrogen) atoms. The summed E-state index contributed by atoms with van der Waals surface area (Å²) in [6.07, 6.45) is 0. The van der Waals surface area contributed by atoms with Crippen molar-refractivity contribution in [1.82, 2.24) is 15.5 Å². The molecule has 1 N–H and O–H groups in total. The molecule has 7 nitrogen and oxygen atoms in total. The third-order valence-electron chi connectivity index (χ3n) is 5.11. The molecule has 168 valence electrons. The maximum Gasteiger partial charge on any atom is 0.230 e. The molecular weight excluding hydrogens is 449 g/mol. The Morgan fingerprint density at radius 1 is 1.06 bits per heavy atom. The summed E-state index contributed by atoms with van der Waals surface area (Å²) in [4.78, 5) is 16.7. The number of nitrogens with zero attached hydrogens (tertiary/aromatic N) is 4. The van der Waals surface area contributed by atoms with Gasteiger partial charge in [-0.15, -0.1) is 10.2 Å². The highest BCUT2D eigenvalue weighted by atomic mass is 32.2. The van der Waals surface area contributed by atoms with Gasteiger partial charge in [0.05, 0.1) is 12.9 Å². The average Bonchev–Trinajstić information content (AvgIpc) is 3.32. The van der Waals surface area contributed by atoms with Crippen molar-refractivity contribution in [3.63, 3.8) is 0 Å². The molecule has 0 unspecified atom stereocenters. The van der Waals surface area contributed by atoms with Gasteiger partial charge in [0.25, 0.3) is 0 Å². The third kappa shape index (κ3) is 5.89. The van der Waals surface area contributed by atoms with Crippen LogP contribution in [-0.4, -0.2) is 55.1 Å². The van der Waals surface area contributed by atoms with E-state index in [1.165, 1.54) is 40.9 Å². The van der Waals surface area contributed by atoms with E-state index < -0.39 is 0 Å². The van der Waals surface area contributed by atoms with E-state index in [1.54, 1.807) is 19.2 Å². The van der Waals surface area contributed by atoms with E-state index in [2.05, 4.69) is 37.4 Å². The Labute approximate surface area is 194 Å². The number of aromatic nitrogens is 2. The van der Waals surface area contributed by atoms with Crippen molar-refractivity contribution >= 4 is 39.8 Å². The van der Waals surface area contributed by atoms with Gasteiger partial charge in [-0.1, -0.05) is 35.2 Å². The molecule has 0 spiro atoms. The second-order valence-electron chi connectivity index (χ2n) is 7.21. The van der Waals surface area contributed by atoms with Crippen LogP contribution in [0.3, 0.4) is 0 Å². The number of piperazine rings is 1. The fraction of sp³-hybridized carbons (Fsp3) is 0.318. The SMILES string of the molecule is COc1ccc(N2CCN(c3nnc(SCC(=O)NCc4ccc(F)cc4)s3)CC2)cc1. The second-order valence-corrected chi connectivity index (χ2v) is 9.39. The van der Waals surface area contributed by atoms with Gasteiger partial charge in [-0.05, 0) is 42.0 Å². The monoisotopic (exact) mass is 473 g/mol. The predicted octanol–water partition coefficient (Wildman–Crippen LogP) is 3.42. The van der Waals surface area contributed by atoms with Crippen molar-refractivity contribution < 1.29 is 13.9 Å². The Balaban J connectivity index is 1.21. The molecule has 1 aliphatic heterocycles. The molecule has 2 aromatic carbocycles. The summed E-state index contributed by atoms with van der Waals surface area (Å²) in [5.41, 5.74) is 2.04. The van der Waals surface area contributed by atoms with Crippen LogP contribution in [0.4, 0.5) is 15.2 Å². The Bertz CT molecular complexity index is 1020. The molecule has 1 amide bonds. The van der Waals surface area contributed by atoms with Gasteiger partial charge < -0.3 is 19.9 Å². The number of rotatable bonds is 8. The van der Waals surface area contributed by atoms with Crippen molar-refractivity contribution in [1.29, 1.82) is 0 Å². The zero-order valence-electron chi connectivity index (χ0n) is 17.7. The molecule has 1 saturated heterocycles. The molecule has 0 radical (unpaired) electrons. The number of anilines is 2. The Morgan fingerprint density at radius 3 is 2.44 bits per heavy atom. The normalized spacial score (nSPS) is 13.8. The van der Waals surface area contributed by atoms with Crippen LogP contribution in [0.1, 0.15) is 5.56 Å². The van der Waals surface area contributed by atoms with Gasteiger partial charge in [-0.25, -0.2) is 4.39 Å². The number of hydrogen-bond donors (Lipinski definition) is 1. The number of ether oxygens (including phenoxy) is 1. The molecule has 1 aromatic heterocycles. The van der Waals surface area contributed by atoms with Crippen molar-refractivity contribution in [3.8, 4) is 5.75 Å². The fourth-order valence-corrected chi connectivity index (χ4v) is 5.04. The summed E-state index contributed by atoms with van der Waals surface area (Å²) in [7, 11) is 1.67. The van der Waals surface area contributed by atoms with E-state index >= 15 is 0 Å². The summed E-state index contributed by atoms with van der Waals surface area (Å²) >= 11 is 2.89. The maximum atomic E-state index is 12.9. The van der Waals surface area contributed by atoms with E-state index in [0.717, 1.165) is 47.0 Å². The Kier molecular flexibility index (Phi) is 7.43. The molecule has 1 fully saturated rings. The summed E-state index contributed by atoms with van der Waals surface area (Å²) in [5.74, 6) is 0.741. The van der Waals surface area contributed by atoms with Crippen LogP contribution in [0.5, 0.6) is 5.75 Å². The number of hydrogen-bond acceptors (Lipinski definition) is 8. The zero-order valence-corrected chi connectivity index (χ0v) is 19.3. The number of thioether (sulfide) groups is 1. The fourth-order valence-electron chi connectivity index (χ4n) is 3.32. The number of halogens is 1. The van der Waals surface area contributed by atoms with Crippen molar-refractivity contribution in [2.45, 2.75) is 10.9 Å². The standard InChI is InChI=1S/C22H24FN5O2S2/c1-30-19-8-6-18(7-9-19)27-10-12-28(13-11-27)21-25-26-22(32-21)31-15-20(29)24-14-16-2-4-17(23)5-3-16/h2-9H,10-15H2,1H3,(H,24,29). The molecule has 2 heterocycles. The third-order valence-corrected chi connectivity index (χ3v) is 7.23. The number of methoxy groups -OCH3 is 1. The first kappa shape index (κ1) is 22.3. The number of nitrogens with one attached hydrogen (secondary N) is 1. The van der Waals surface area contributed by atoms with Gasteiger partial charge in [0.15, 0.2) is 4.34 Å². The van der Waals surface area contributed by atoms with Crippen LogP contribution in [0.25, 0.3) is 0 Å². The summed E-state index contributed by atoms with van der Waals surface area (Å²) in [6, 6.07) is 14.2. The maximum absolute atomic E-state index is 12.9. The van der Waals surface area contributed by atoms with Gasteiger partial charge in [-0.2, -0.15) is 0 Å². The molecule has 0 saturated carbocycles. The molecule has 0 atom stereocenters. The van der Waals surface area contributed by atoms with Crippen LogP contribution >= 0.6 is 23.1 Å². The van der Waals surface area contributed by atoms with Crippen LogP contribution < -0.4 is 19.9 Å². The first-order valence-corrected chi connectivity index (χ1v) is 12.0. The van der Waals surface area contributed by atoms with Crippen LogP contribution in [-0.2, 0) is 11.3 Å². The van der Waals surface area contributed by atoms with Crippen LogP contribution in [0, 0.1) is 5.82 Å². The van der Waals surface area contributed by atoms with E-state index in [4.69, 9.17) is 4.74 Å². The number of carbonyl (C=O) groups is 1. The van der Waals surface area contributed by atoms with Gasteiger partial charge in [0.1, 0.15) is 11.6 Å². The van der Waals surface area contributed by atoms with E-state index in [0.29, 0.717) is 6.54 Å². The lowest BCUT2D eigenvalue weighted by Gasteiger charge is -2.35. The van der Waals surface area contributed by atoms with Gasteiger partial charge in [0, 0.05) is 38.4 Å². The smallest absolute Gasteiger partial charge is 0.230 e. The molecule has 3 aromatic rings. The van der Waals surface area contributed by atoms with Crippen LogP contribution in [0.15, 0.2) is 52.9 Å². The Hall–Kier alpha value is -2.85. The minimum atomic E-state index is -0.287. The van der Waals surface area contributed by atoms with Crippen molar-refractivity contribution in [3.05, 3.63) is 59.9 Å². The molecule has 4 rings (SSSR count). The summed E-state index contributed by atoms with van der Waals surface area (Å²) in [5, 5.41) is 12.3. The van der Waals surface area contributed by atoms with Crippen molar-refractivity contribution in [2.24, 2.45) is 0 Å². The summed E-state index contributed by atoms with van der Waals surface area (Å²) < 4.78 is 18.9. The number of amides is 1. The molecule has 1 aliphatic rings. The quantitative estimate of drug-likeness (QED) is 0.503.